The van der Waals surface area contributed by atoms with Crippen molar-refractivity contribution < 1.29 is 8.42 Å². The minimum atomic E-state index is -3.27. The van der Waals surface area contributed by atoms with Gasteiger partial charge in [0.05, 0.1) is 23.1 Å². The van der Waals surface area contributed by atoms with Crippen LogP contribution in [-0.2, 0) is 23.0 Å². The largest absolute Gasteiger partial charge is 0.345 e. The highest BCUT2D eigenvalue weighted by molar-refractivity contribution is 7.89. The number of benzene rings is 2. The second-order valence-electron chi connectivity index (χ2n) is 5.48. The first-order chi connectivity index (χ1) is 11.1. The first-order valence-electron chi connectivity index (χ1n) is 7.56. The molecule has 2 N–H and O–H groups in total. The van der Waals surface area contributed by atoms with Gasteiger partial charge >= 0.3 is 0 Å². The summed E-state index contributed by atoms with van der Waals surface area (Å²) in [4.78, 5) is 7.17. The Balaban J connectivity index is 1.51. The Bertz CT molecular complexity index is 873. The molecule has 0 atom stereocenters. The Labute approximate surface area is 135 Å². The van der Waals surface area contributed by atoms with E-state index in [1.807, 2.05) is 48.5 Å². The van der Waals surface area contributed by atoms with Crippen molar-refractivity contribution in [1.82, 2.24) is 14.7 Å². The third-order valence-electron chi connectivity index (χ3n) is 3.70. The van der Waals surface area contributed by atoms with Crippen molar-refractivity contribution in [2.24, 2.45) is 0 Å². The van der Waals surface area contributed by atoms with Crippen LogP contribution >= 0.6 is 0 Å². The first kappa shape index (κ1) is 15.7. The number of H-pyrrole nitrogens is 1. The fourth-order valence-electron chi connectivity index (χ4n) is 2.47. The molecular formula is C17H19N3O2S. The number of nitrogens with zero attached hydrogens (tertiary/aromatic N) is 1. The molecule has 0 saturated carbocycles. The van der Waals surface area contributed by atoms with Crippen LogP contribution in [0.3, 0.4) is 0 Å². The molecule has 2 aromatic carbocycles. The summed E-state index contributed by atoms with van der Waals surface area (Å²) in [5.74, 6) is 0.133. The third kappa shape index (κ3) is 4.40. The highest BCUT2D eigenvalue weighted by Crippen LogP contribution is 2.12. The van der Waals surface area contributed by atoms with Gasteiger partial charge < -0.3 is 4.98 Å². The molecule has 0 aliphatic carbocycles. The van der Waals surface area contributed by atoms with Gasteiger partial charge in [-0.2, -0.15) is 0 Å². The van der Waals surface area contributed by atoms with E-state index in [0.717, 1.165) is 28.6 Å². The highest BCUT2D eigenvalue weighted by atomic mass is 32.2. The van der Waals surface area contributed by atoms with Gasteiger partial charge in [0.25, 0.3) is 0 Å². The van der Waals surface area contributed by atoms with Crippen molar-refractivity contribution in [3.8, 4) is 0 Å². The maximum atomic E-state index is 12.1. The summed E-state index contributed by atoms with van der Waals surface area (Å²) in [5.41, 5.74) is 3.85. The summed E-state index contributed by atoms with van der Waals surface area (Å²) in [7, 11) is -3.27. The number of rotatable bonds is 7. The van der Waals surface area contributed by atoms with Crippen LogP contribution in [0.5, 0.6) is 0 Å². The molecule has 1 heterocycles. The fraction of sp³-hybridized carbons (Fsp3) is 0.235. The predicted octanol–water partition coefficient (Wildman–Crippen LogP) is 2.62. The van der Waals surface area contributed by atoms with E-state index in [-0.39, 0.29) is 5.75 Å². The molecule has 0 radical (unpaired) electrons. The van der Waals surface area contributed by atoms with Gasteiger partial charge in [-0.3, -0.25) is 0 Å². The van der Waals surface area contributed by atoms with Gasteiger partial charge in [0.15, 0.2) is 0 Å². The molecule has 0 aliphatic heterocycles. The smallest absolute Gasteiger partial charge is 0.211 e. The average molecular weight is 329 g/mol. The molecular weight excluding hydrogens is 310 g/mol. The Morgan fingerprint density at radius 3 is 2.70 bits per heavy atom. The van der Waals surface area contributed by atoms with Crippen LogP contribution in [-0.4, -0.2) is 24.1 Å². The number of imidazole rings is 1. The summed E-state index contributed by atoms with van der Waals surface area (Å²) in [5, 5.41) is 0. The van der Waals surface area contributed by atoms with Crippen LogP contribution in [0.15, 0.2) is 54.9 Å². The highest BCUT2D eigenvalue weighted by Gasteiger charge is 2.10. The summed E-state index contributed by atoms with van der Waals surface area (Å²) in [6, 6.07) is 15.6. The number of aryl methyl sites for hydroxylation is 1. The lowest BCUT2D eigenvalue weighted by Crippen LogP contribution is -2.26. The molecule has 6 heteroatoms. The van der Waals surface area contributed by atoms with Crippen molar-refractivity contribution in [3.05, 3.63) is 66.0 Å². The van der Waals surface area contributed by atoms with Gasteiger partial charge in [-0.1, -0.05) is 36.4 Å². The SMILES string of the molecule is O=S(=O)(CCCc1ccccc1)NCc1ccc2nc[nH]c2c1. The van der Waals surface area contributed by atoms with E-state index in [1.54, 1.807) is 6.33 Å². The lowest BCUT2D eigenvalue weighted by atomic mass is 10.1. The first-order valence-corrected chi connectivity index (χ1v) is 9.21. The fourth-order valence-corrected chi connectivity index (χ4v) is 3.52. The Kier molecular flexibility index (Phi) is 4.73. The summed E-state index contributed by atoms with van der Waals surface area (Å²) in [6.45, 7) is 0.294. The quantitative estimate of drug-likeness (QED) is 0.700. The predicted molar refractivity (Wildman–Crippen MR) is 91.5 cm³/mol. The Hall–Kier alpha value is -2.18. The molecule has 3 aromatic rings. The number of hydrogen-bond donors (Lipinski definition) is 2. The van der Waals surface area contributed by atoms with E-state index in [0.29, 0.717) is 13.0 Å². The van der Waals surface area contributed by atoms with Crippen molar-refractivity contribution in [3.63, 3.8) is 0 Å². The van der Waals surface area contributed by atoms with E-state index >= 15 is 0 Å². The van der Waals surface area contributed by atoms with Gasteiger partial charge in [0.2, 0.25) is 10.0 Å². The summed E-state index contributed by atoms with van der Waals surface area (Å²) >= 11 is 0. The average Bonchev–Trinajstić information content (AvgIpc) is 3.01. The van der Waals surface area contributed by atoms with E-state index < -0.39 is 10.0 Å². The monoisotopic (exact) mass is 329 g/mol. The van der Waals surface area contributed by atoms with Crippen LogP contribution < -0.4 is 4.72 Å². The summed E-state index contributed by atoms with van der Waals surface area (Å²) in [6.07, 6.45) is 3.00. The summed E-state index contributed by atoms with van der Waals surface area (Å²) < 4.78 is 26.8. The maximum Gasteiger partial charge on any atom is 0.211 e. The molecule has 0 spiro atoms. The molecule has 3 rings (SSSR count). The molecule has 5 nitrogen and oxygen atoms in total. The Morgan fingerprint density at radius 2 is 1.87 bits per heavy atom. The van der Waals surface area contributed by atoms with Gasteiger partial charge in [0, 0.05) is 6.54 Å². The van der Waals surface area contributed by atoms with Crippen molar-refractivity contribution in [2.75, 3.05) is 5.75 Å². The van der Waals surface area contributed by atoms with Crippen molar-refractivity contribution in [1.29, 1.82) is 0 Å². The standard InChI is InChI=1S/C17H19N3O2S/c21-23(22,10-4-7-14-5-2-1-3-6-14)20-12-15-8-9-16-17(11-15)19-13-18-16/h1-3,5-6,8-9,11,13,20H,4,7,10,12H2,(H,18,19). The molecule has 0 aliphatic rings. The van der Waals surface area contributed by atoms with E-state index in [9.17, 15) is 8.42 Å². The molecule has 120 valence electrons. The van der Waals surface area contributed by atoms with Gasteiger partial charge in [-0.05, 0) is 36.1 Å². The normalized spacial score (nSPS) is 11.8. The maximum absolute atomic E-state index is 12.1. The third-order valence-corrected chi connectivity index (χ3v) is 5.11. The zero-order valence-electron chi connectivity index (χ0n) is 12.7. The molecule has 23 heavy (non-hydrogen) atoms. The zero-order chi connectivity index (χ0) is 16.1. The van der Waals surface area contributed by atoms with Crippen LogP contribution in [0, 0.1) is 0 Å². The van der Waals surface area contributed by atoms with E-state index in [4.69, 9.17) is 0 Å². The number of nitrogens with one attached hydrogen (secondary N) is 2. The lowest BCUT2D eigenvalue weighted by Gasteiger charge is -2.07. The van der Waals surface area contributed by atoms with Crippen LogP contribution in [0.25, 0.3) is 11.0 Å². The van der Waals surface area contributed by atoms with Gasteiger partial charge in [-0.15, -0.1) is 0 Å². The molecule has 0 fully saturated rings. The molecule has 0 unspecified atom stereocenters. The number of hydrogen-bond acceptors (Lipinski definition) is 3. The molecule has 1 aromatic heterocycles. The van der Waals surface area contributed by atoms with Crippen LogP contribution in [0.4, 0.5) is 0 Å². The Morgan fingerprint density at radius 1 is 1.04 bits per heavy atom. The topological polar surface area (TPSA) is 74.8 Å². The van der Waals surface area contributed by atoms with Gasteiger partial charge in [-0.25, -0.2) is 18.1 Å². The molecule has 0 amide bonds. The second-order valence-corrected chi connectivity index (χ2v) is 7.41. The molecule has 0 saturated heterocycles. The zero-order valence-corrected chi connectivity index (χ0v) is 13.5. The van der Waals surface area contributed by atoms with Crippen LogP contribution in [0.1, 0.15) is 17.5 Å². The number of aromatic nitrogens is 2. The minimum absolute atomic E-state index is 0.133. The second kappa shape index (κ2) is 6.93. The number of aromatic amines is 1. The van der Waals surface area contributed by atoms with E-state index in [2.05, 4.69) is 14.7 Å². The van der Waals surface area contributed by atoms with E-state index in [1.165, 1.54) is 0 Å². The number of fused-ring (bicyclic) bond motifs is 1. The lowest BCUT2D eigenvalue weighted by molar-refractivity contribution is 0.578. The molecule has 0 bridgehead atoms. The van der Waals surface area contributed by atoms with Crippen molar-refractivity contribution in [2.45, 2.75) is 19.4 Å². The minimum Gasteiger partial charge on any atom is -0.345 e. The number of sulfonamides is 1. The van der Waals surface area contributed by atoms with Crippen LogP contribution in [0.2, 0.25) is 0 Å². The van der Waals surface area contributed by atoms with Gasteiger partial charge in [0.1, 0.15) is 0 Å². The van der Waals surface area contributed by atoms with Crippen molar-refractivity contribution >= 4 is 21.1 Å².